The second kappa shape index (κ2) is 5.87. The SMILES string of the molecule is COC(=O)c1ccc(N2CCNC[C@H]2C)c([N+](=O)[O-])c1. The number of esters is 1. The van der Waals surface area contributed by atoms with Crippen LogP contribution in [-0.2, 0) is 4.74 Å². The number of piperazine rings is 1. The zero-order valence-corrected chi connectivity index (χ0v) is 11.5. The Hall–Kier alpha value is -2.15. The Balaban J connectivity index is 2.42. The molecule has 0 radical (unpaired) electrons. The first-order valence-corrected chi connectivity index (χ1v) is 6.38. The minimum atomic E-state index is -0.576. The topological polar surface area (TPSA) is 84.7 Å². The van der Waals surface area contributed by atoms with Crippen molar-refractivity contribution in [2.45, 2.75) is 13.0 Å². The number of rotatable bonds is 3. The van der Waals surface area contributed by atoms with E-state index in [1.807, 2.05) is 11.8 Å². The van der Waals surface area contributed by atoms with Gasteiger partial charge in [-0.1, -0.05) is 0 Å². The smallest absolute Gasteiger partial charge is 0.338 e. The van der Waals surface area contributed by atoms with Crippen LogP contribution in [0.25, 0.3) is 0 Å². The molecule has 0 unspecified atom stereocenters. The molecule has 1 atom stereocenters. The first-order valence-electron chi connectivity index (χ1n) is 6.38. The Morgan fingerprint density at radius 1 is 1.55 bits per heavy atom. The predicted molar refractivity (Wildman–Crippen MR) is 74.1 cm³/mol. The van der Waals surface area contributed by atoms with Gasteiger partial charge in [0.15, 0.2) is 0 Å². The van der Waals surface area contributed by atoms with Crippen LogP contribution in [0.1, 0.15) is 17.3 Å². The number of carbonyl (C=O) groups excluding carboxylic acids is 1. The highest BCUT2D eigenvalue weighted by atomic mass is 16.6. The van der Waals surface area contributed by atoms with Crippen molar-refractivity contribution in [3.63, 3.8) is 0 Å². The molecule has 0 bridgehead atoms. The van der Waals surface area contributed by atoms with E-state index in [1.165, 1.54) is 13.2 Å². The zero-order valence-electron chi connectivity index (χ0n) is 11.5. The molecule has 20 heavy (non-hydrogen) atoms. The number of carbonyl (C=O) groups is 1. The summed E-state index contributed by atoms with van der Waals surface area (Å²) in [6.07, 6.45) is 0. The maximum absolute atomic E-state index is 11.5. The first kappa shape index (κ1) is 14.3. The van der Waals surface area contributed by atoms with Gasteiger partial charge in [0.25, 0.3) is 5.69 Å². The Bertz CT molecular complexity index is 532. The zero-order chi connectivity index (χ0) is 14.7. The average Bonchev–Trinajstić information content (AvgIpc) is 2.46. The number of methoxy groups -OCH3 is 1. The highest BCUT2D eigenvalue weighted by Gasteiger charge is 2.26. The van der Waals surface area contributed by atoms with Gasteiger partial charge in [0, 0.05) is 31.7 Å². The third-order valence-electron chi connectivity index (χ3n) is 3.40. The summed E-state index contributed by atoms with van der Waals surface area (Å²) in [6.45, 7) is 4.25. The van der Waals surface area contributed by atoms with Gasteiger partial charge in [-0.05, 0) is 19.1 Å². The van der Waals surface area contributed by atoms with Crippen LogP contribution >= 0.6 is 0 Å². The van der Waals surface area contributed by atoms with E-state index in [4.69, 9.17) is 0 Å². The summed E-state index contributed by atoms with van der Waals surface area (Å²) in [5.74, 6) is -0.576. The van der Waals surface area contributed by atoms with Crippen molar-refractivity contribution in [3.05, 3.63) is 33.9 Å². The lowest BCUT2D eigenvalue weighted by Gasteiger charge is -2.35. The van der Waals surface area contributed by atoms with Gasteiger partial charge in [0.05, 0.1) is 17.6 Å². The van der Waals surface area contributed by atoms with Crippen LogP contribution in [0.4, 0.5) is 11.4 Å². The van der Waals surface area contributed by atoms with Crippen LogP contribution < -0.4 is 10.2 Å². The minimum absolute atomic E-state index is 0.0679. The molecule has 1 fully saturated rings. The summed E-state index contributed by atoms with van der Waals surface area (Å²) < 4.78 is 4.59. The van der Waals surface area contributed by atoms with Crippen LogP contribution in [0.2, 0.25) is 0 Å². The monoisotopic (exact) mass is 279 g/mol. The number of nitrogens with one attached hydrogen (secondary N) is 1. The molecule has 1 aromatic carbocycles. The van der Waals surface area contributed by atoms with E-state index in [1.54, 1.807) is 12.1 Å². The summed E-state index contributed by atoms with van der Waals surface area (Å²) in [6, 6.07) is 4.61. The van der Waals surface area contributed by atoms with Gasteiger partial charge in [-0.2, -0.15) is 0 Å². The number of hydrogen-bond donors (Lipinski definition) is 1. The molecule has 0 amide bonds. The van der Waals surface area contributed by atoms with Crippen molar-refractivity contribution < 1.29 is 14.5 Å². The van der Waals surface area contributed by atoms with E-state index in [-0.39, 0.29) is 17.3 Å². The molecule has 1 aliphatic heterocycles. The molecule has 2 rings (SSSR count). The first-order chi connectivity index (χ1) is 9.54. The van der Waals surface area contributed by atoms with Gasteiger partial charge in [0.1, 0.15) is 5.69 Å². The number of nitrogens with zero attached hydrogens (tertiary/aromatic N) is 2. The number of benzene rings is 1. The maximum atomic E-state index is 11.5. The predicted octanol–water partition coefficient (Wildman–Crippen LogP) is 1.18. The fourth-order valence-electron chi connectivity index (χ4n) is 2.36. The molecule has 7 nitrogen and oxygen atoms in total. The van der Waals surface area contributed by atoms with E-state index >= 15 is 0 Å². The third kappa shape index (κ3) is 2.72. The van der Waals surface area contributed by atoms with Crippen LogP contribution in [0.15, 0.2) is 18.2 Å². The quantitative estimate of drug-likeness (QED) is 0.508. The molecular weight excluding hydrogens is 262 g/mol. The second-order valence-corrected chi connectivity index (χ2v) is 4.70. The number of hydrogen-bond acceptors (Lipinski definition) is 6. The Labute approximate surface area is 116 Å². The summed E-state index contributed by atoms with van der Waals surface area (Å²) in [4.78, 5) is 24.2. The van der Waals surface area contributed by atoms with Gasteiger partial charge in [-0.15, -0.1) is 0 Å². The molecule has 1 aliphatic rings. The third-order valence-corrected chi connectivity index (χ3v) is 3.40. The molecule has 1 heterocycles. The van der Waals surface area contributed by atoms with Gasteiger partial charge >= 0.3 is 5.97 Å². The second-order valence-electron chi connectivity index (χ2n) is 4.70. The van der Waals surface area contributed by atoms with Gasteiger partial charge < -0.3 is 15.0 Å². The van der Waals surface area contributed by atoms with E-state index < -0.39 is 10.9 Å². The van der Waals surface area contributed by atoms with Crippen LogP contribution in [0, 0.1) is 10.1 Å². The summed E-state index contributed by atoms with van der Waals surface area (Å²) in [5, 5.41) is 14.5. The lowest BCUT2D eigenvalue weighted by Crippen LogP contribution is -2.50. The molecule has 0 aromatic heterocycles. The highest BCUT2D eigenvalue weighted by molar-refractivity contribution is 5.91. The van der Waals surface area contributed by atoms with Crippen LogP contribution in [0.3, 0.4) is 0 Å². The number of ether oxygens (including phenoxy) is 1. The lowest BCUT2D eigenvalue weighted by molar-refractivity contribution is -0.384. The normalized spacial score (nSPS) is 18.7. The van der Waals surface area contributed by atoms with Gasteiger partial charge in [-0.3, -0.25) is 10.1 Å². The Morgan fingerprint density at radius 2 is 2.30 bits per heavy atom. The Kier molecular flexibility index (Phi) is 4.19. The summed E-state index contributed by atoms with van der Waals surface area (Å²) >= 11 is 0. The number of nitro benzene ring substituents is 1. The van der Waals surface area contributed by atoms with Crippen LogP contribution in [-0.4, -0.2) is 43.7 Å². The fraction of sp³-hybridized carbons (Fsp3) is 0.462. The number of nitro groups is 1. The molecular formula is C13H17N3O4. The van der Waals surface area contributed by atoms with Gasteiger partial charge in [-0.25, -0.2) is 4.79 Å². The maximum Gasteiger partial charge on any atom is 0.338 e. The lowest BCUT2D eigenvalue weighted by atomic mass is 10.1. The Morgan fingerprint density at radius 3 is 2.90 bits per heavy atom. The van der Waals surface area contributed by atoms with E-state index in [0.717, 1.165) is 13.1 Å². The standard InChI is InChI=1S/C13H17N3O4/c1-9-8-14-5-6-15(9)11-4-3-10(13(17)20-2)7-12(11)16(18)19/h3-4,7,9,14H,5-6,8H2,1-2H3/t9-/m1/s1. The molecule has 108 valence electrons. The van der Waals surface area contributed by atoms with Crippen molar-refractivity contribution in [3.8, 4) is 0 Å². The molecule has 1 saturated heterocycles. The molecule has 0 spiro atoms. The van der Waals surface area contributed by atoms with Crippen molar-refractivity contribution in [1.82, 2.24) is 5.32 Å². The summed E-state index contributed by atoms with van der Waals surface area (Å²) in [5.41, 5.74) is 0.657. The van der Waals surface area contributed by atoms with Crippen molar-refractivity contribution in [2.75, 3.05) is 31.6 Å². The average molecular weight is 279 g/mol. The molecule has 1 N–H and O–H groups in total. The van der Waals surface area contributed by atoms with Crippen molar-refractivity contribution in [2.24, 2.45) is 0 Å². The van der Waals surface area contributed by atoms with E-state index in [0.29, 0.717) is 12.2 Å². The summed E-state index contributed by atoms with van der Waals surface area (Å²) in [7, 11) is 1.25. The van der Waals surface area contributed by atoms with Crippen molar-refractivity contribution >= 4 is 17.3 Å². The number of anilines is 1. The van der Waals surface area contributed by atoms with E-state index in [2.05, 4.69) is 10.1 Å². The molecule has 1 aromatic rings. The highest BCUT2D eigenvalue weighted by Crippen LogP contribution is 2.31. The molecule has 0 aliphatic carbocycles. The largest absolute Gasteiger partial charge is 0.465 e. The van der Waals surface area contributed by atoms with E-state index in [9.17, 15) is 14.9 Å². The fourth-order valence-corrected chi connectivity index (χ4v) is 2.36. The molecule has 0 saturated carbocycles. The van der Waals surface area contributed by atoms with Crippen LogP contribution in [0.5, 0.6) is 0 Å². The van der Waals surface area contributed by atoms with Crippen molar-refractivity contribution in [1.29, 1.82) is 0 Å². The van der Waals surface area contributed by atoms with Gasteiger partial charge in [0.2, 0.25) is 0 Å². The molecule has 7 heteroatoms. The minimum Gasteiger partial charge on any atom is -0.465 e.